The van der Waals surface area contributed by atoms with Crippen molar-refractivity contribution in [3.05, 3.63) is 97.8 Å². The number of nitrogens with one attached hydrogen (secondary N) is 1. The summed E-state index contributed by atoms with van der Waals surface area (Å²) in [5, 5.41) is 20.1. The Morgan fingerprint density at radius 2 is 1.50 bits per heavy atom. The quantitative estimate of drug-likeness (QED) is 0.587. The number of nitriles is 2. The van der Waals surface area contributed by atoms with Gasteiger partial charge >= 0.3 is 0 Å². The molecule has 0 fully saturated rings. The summed E-state index contributed by atoms with van der Waals surface area (Å²) in [7, 11) is 1.96. The average molecular weight is 545 g/mol. The fourth-order valence-corrected chi connectivity index (χ4v) is 2.33. The zero-order valence-corrected chi connectivity index (χ0v) is 17.4. The van der Waals surface area contributed by atoms with Gasteiger partial charge < -0.3 is 20.0 Å². The maximum absolute atomic E-state index is 8.62. The summed E-state index contributed by atoms with van der Waals surface area (Å²) in [6.07, 6.45) is 7.61. The number of rotatable bonds is 2. The fourth-order valence-electron chi connectivity index (χ4n) is 2.33. The molecule has 1 N–H and O–H groups in total. The summed E-state index contributed by atoms with van der Waals surface area (Å²) in [6.45, 7) is 3.76. The third kappa shape index (κ3) is 5.37. The number of anilines is 2. The van der Waals surface area contributed by atoms with Crippen LogP contribution in [0.1, 0.15) is 11.1 Å². The van der Waals surface area contributed by atoms with Crippen molar-refractivity contribution in [1.82, 2.24) is 10.2 Å². The molecule has 0 aromatic heterocycles. The van der Waals surface area contributed by atoms with Gasteiger partial charge in [0.25, 0.3) is 0 Å². The molecule has 7 heteroatoms. The molecule has 0 aliphatic carbocycles. The molecule has 2 aromatic carbocycles. The van der Waals surface area contributed by atoms with E-state index < -0.39 is 0 Å². The average Bonchev–Trinajstić information content (AvgIpc) is 3.41. The molecule has 0 amide bonds. The summed E-state index contributed by atoms with van der Waals surface area (Å²) in [6, 6.07) is 20.8. The number of benzene rings is 2. The molecule has 143 valence electrons. The van der Waals surface area contributed by atoms with Gasteiger partial charge in [-0.25, -0.2) is 10.5 Å². The van der Waals surface area contributed by atoms with E-state index in [1.54, 1.807) is 24.3 Å². The van der Waals surface area contributed by atoms with Crippen LogP contribution in [0.2, 0.25) is 0 Å². The van der Waals surface area contributed by atoms with Crippen LogP contribution in [-0.2, 0) is 20.1 Å². The van der Waals surface area contributed by atoms with E-state index in [1.807, 2.05) is 72.0 Å². The molecule has 28 heavy (non-hydrogen) atoms. The first-order valence-electron chi connectivity index (χ1n) is 8.11. The van der Waals surface area contributed by atoms with Crippen LogP contribution < -0.4 is 15.1 Å². The van der Waals surface area contributed by atoms with Gasteiger partial charge in [-0.2, -0.15) is 49.7 Å². The van der Waals surface area contributed by atoms with Crippen molar-refractivity contribution in [2.75, 3.05) is 16.8 Å². The Morgan fingerprint density at radius 1 is 0.893 bits per heavy atom. The van der Waals surface area contributed by atoms with Crippen molar-refractivity contribution in [3.63, 3.8) is 0 Å². The van der Waals surface area contributed by atoms with Crippen LogP contribution in [0.25, 0.3) is 0 Å². The molecule has 2 aromatic rings. The third-order valence-corrected chi connectivity index (χ3v) is 3.72. The molecular formula is C21H16IrN6-4. The van der Waals surface area contributed by atoms with Crippen LogP contribution in [-0.4, -0.2) is 11.9 Å². The van der Waals surface area contributed by atoms with Crippen LogP contribution in [0.5, 0.6) is 0 Å². The molecule has 0 bridgehead atoms. The van der Waals surface area contributed by atoms with E-state index in [1.165, 1.54) is 0 Å². The molecule has 0 unspecified atom stereocenters. The van der Waals surface area contributed by atoms with Crippen molar-refractivity contribution in [2.45, 2.75) is 0 Å². The molecule has 4 rings (SSSR count). The van der Waals surface area contributed by atoms with Crippen LogP contribution >= 0.6 is 0 Å². The Kier molecular flexibility index (Phi) is 7.65. The van der Waals surface area contributed by atoms with E-state index in [-0.39, 0.29) is 20.1 Å². The van der Waals surface area contributed by atoms with Gasteiger partial charge in [0.2, 0.25) is 0 Å². The van der Waals surface area contributed by atoms with Gasteiger partial charge in [0, 0.05) is 32.2 Å². The van der Waals surface area contributed by atoms with Gasteiger partial charge in [0.05, 0.1) is 0 Å². The Hall–Kier alpha value is -3.25. The zero-order chi connectivity index (χ0) is 19.1. The third-order valence-electron chi connectivity index (χ3n) is 3.72. The Bertz CT molecular complexity index is 906. The van der Waals surface area contributed by atoms with Crippen molar-refractivity contribution in [2.24, 2.45) is 0 Å². The van der Waals surface area contributed by atoms with Gasteiger partial charge in [0.1, 0.15) is 0 Å². The Morgan fingerprint density at radius 3 is 1.89 bits per heavy atom. The van der Waals surface area contributed by atoms with Gasteiger partial charge in [-0.15, -0.1) is 23.5 Å². The summed E-state index contributed by atoms with van der Waals surface area (Å²) in [5.41, 5.74) is 3.11. The minimum atomic E-state index is 0. The molecule has 2 aliphatic rings. The van der Waals surface area contributed by atoms with Gasteiger partial charge in [-0.1, -0.05) is 11.1 Å². The van der Waals surface area contributed by atoms with Gasteiger partial charge in [-0.3, -0.25) is 0 Å². The summed E-state index contributed by atoms with van der Waals surface area (Å²) in [4.78, 5) is 5.79. The number of hydrogen-bond acceptors (Lipinski definition) is 6. The van der Waals surface area contributed by atoms with Crippen LogP contribution in [0.3, 0.4) is 0 Å². The van der Waals surface area contributed by atoms with E-state index in [0.29, 0.717) is 11.1 Å². The Labute approximate surface area is 178 Å². The SMILES string of the molecule is CN1C=CN(c2[c-]cc(C#N)cc2)[CH-]1.N#Cc1c[c-]c(N2C=CN[CH-]2)cc1.[Ir]. The monoisotopic (exact) mass is 545 g/mol. The largest absolute Gasteiger partial charge is 0.521 e. The van der Waals surface area contributed by atoms with Gasteiger partial charge in [0.15, 0.2) is 0 Å². The predicted molar refractivity (Wildman–Crippen MR) is 103 cm³/mol. The normalized spacial score (nSPS) is 13.8. The van der Waals surface area contributed by atoms with E-state index >= 15 is 0 Å². The maximum atomic E-state index is 8.62. The summed E-state index contributed by atoms with van der Waals surface area (Å²) in [5.74, 6) is 0. The first kappa shape index (κ1) is 21.1. The minimum absolute atomic E-state index is 0. The second-order valence-electron chi connectivity index (χ2n) is 5.65. The summed E-state index contributed by atoms with van der Waals surface area (Å²) < 4.78 is 0. The second kappa shape index (κ2) is 10.2. The molecule has 1 radical (unpaired) electrons. The Balaban J connectivity index is 0.000000194. The zero-order valence-electron chi connectivity index (χ0n) is 15.0. The number of hydrogen-bond donors (Lipinski definition) is 1. The molecule has 0 saturated heterocycles. The first-order chi connectivity index (χ1) is 13.2. The minimum Gasteiger partial charge on any atom is -0.521 e. The van der Waals surface area contributed by atoms with E-state index in [4.69, 9.17) is 10.5 Å². The van der Waals surface area contributed by atoms with Crippen molar-refractivity contribution >= 4 is 11.4 Å². The number of nitrogens with zero attached hydrogens (tertiary/aromatic N) is 5. The van der Waals surface area contributed by atoms with Crippen molar-refractivity contribution in [3.8, 4) is 12.1 Å². The van der Waals surface area contributed by atoms with E-state index in [9.17, 15) is 0 Å². The van der Waals surface area contributed by atoms with Crippen molar-refractivity contribution in [1.29, 1.82) is 10.5 Å². The van der Waals surface area contributed by atoms with E-state index in [2.05, 4.69) is 29.6 Å². The van der Waals surface area contributed by atoms with Crippen LogP contribution in [0.4, 0.5) is 11.4 Å². The molecule has 0 spiro atoms. The molecule has 0 saturated carbocycles. The predicted octanol–water partition coefficient (Wildman–Crippen LogP) is 3.06. The van der Waals surface area contributed by atoms with Crippen LogP contribution in [0.15, 0.2) is 61.2 Å². The molecule has 2 heterocycles. The molecule has 0 atom stereocenters. The smallest absolute Gasteiger partial charge is 0.0307 e. The summed E-state index contributed by atoms with van der Waals surface area (Å²) >= 11 is 0. The standard InChI is InChI=1S/C11H9N3.C10H7N3.Ir/c1-13-6-7-14(9-13)11-4-2-10(8-12)3-5-11;11-7-9-1-3-10(4-2-9)13-6-5-12-8-13;/h2-4,6-7,9H,1H3;1-3,5-6,8,12H;/q2*-2;. The molecule has 2 aliphatic heterocycles. The molecule has 6 nitrogen and oxygen atoms in total. The molecular weight excluding hydrogens is 528 g/mol. The first-order valence-corrected chi connectivity index (χ1v) is 8.11. The maximum Gasteiger partial charge on any atom is 0.0307 e. The van der Waals surface area contributed by atoms with Gasteiger partial charge in [-0.05, 0) is 31.8 Å². The van der Waals surface area contributed by atoms with E-state index in [0.717, 1.165) is 11.4 Å². The topological polar surface area (TPSA) is 69.3 Å². The fraction of sp³-hybridized carbons (Fsp3) is 0.0476. The van der Waals surface area contributed by atoms with Crippen LogP contribution in [0, 0.1) is 48.1 Å². The second-order valence-corrected chi connectivity index (χ2v) is 5.65. The van der Waals surface area contributed by atoms with Crippen molar-refractivity contribution < 1.29 is 20.1 Å².